The van der Waals surface area contributed by atoms with E-state index in [9.17, 15) is 9.59 Å². The Morgan fingerprint density at radius 2 is 2.00 bits per heavy atom. The van der Waals surface area contributed by atoms with E-state index in [0.717, 1.165) is 5.56 Å². The molecule has 0 bridgehead atoms. The van der Waals surface area contributed by atoms with Crippen molar-refractivity contribution < 1.29 is 14.3 Å². The summed E-state index contributed by atoms with van der Waals surface area (Å²) in [6, 6.07) is 5.14. The van der Waals surface area contributed by atoms with Crippen molar-refractivity contribution in [2.75, 3.05) is 6.61 Å². The molecule has 0 amide bonds. The molecule has 92 valence electrons. The molecule has 0 radical (unpaired) electrons. The summed E-state index contributed by atoms with van der Waals surface area (Å²) in [5.74, 6) is -0.445. The Hall–Kier alpha value is -1.35. The number of carbonyl (C=O) groups is 2. The fourth-order valence-corrected chi connectivity index (χ4v) is 1.54. The summed E-state index contributed by atoms with van der Waals surface area (Å²) in [5.41, 5.74) is 1.46. The van der Waals surface area contributed by atoms with Crippen LogP contribution in [0, 0.1) is 6.92 Å². The molecule has 0 N–H and O–H groups in total. The van der Waals surface area contributed by atoms with Gasteiger partial charge < -0.3 is 4.74 Å². The Bertz CT molecular complexity index is 427. The van der Waals surface area contributed by atoms with Gasteiger partial charge in [0.15, 0.2) is 5.78 Å². The Morgan fingerprint density at radius 3 is 2.59 bits per heavy atom. The van der Waals surface area contributed by atoms with Crippen molar-refractivity contribution in [3.8, 4) is 0 Å². The molecular formula is C13H15ClO3. The standard InChI is InChI=1S/C13H15ClO3/c1-3-17-13(16)7-6-12(15)10-5-4-9(2)11(14)8-10/h4-5,8H,3,6-7H2,1-2H3. The quantitative estimate of drug-likeness (QED) is 0.599. The third kappa shape index (κ3) is 4.19. The van der Waals surface area contributed by atoms with Crippen molar-refractivity contribution >= 4 is 23.4 Å². The first-order chi connectivity index (χ1) is 8.04. The summed E-state index contributed by atoms with van der Waals surface area (Å²) in [6.07, 6.45) is 0.260. The number of rotatable bonds is 5. The Morgan fingerprint density at radius 1 is 1.29 bits per heavy atom. The van der Waals surface area contributed by atoms with Crippen LogP contribution in [-0.2, 0) is 9.53 Å². The molecule has 0 fully saturated rings. The molecule has 0 spiro atoms. The number of carbonyl (C=O) groups excluding carboxylic acids is 2. The van der Waals surface area contributed by atoms with Crippen molar-refractivity contribution in [1.82, 2.24) is 0 Å². The largest absolute Gasteiger partial charge is 0.466 e. The van der Waals surface area contributed by atoms with Gasteiger partial charge in [-0.25, -0.2) is 0 Å². The number of aryl methyl sites for hydroxylation is 1. The third-order valence-electron chi connectivity index (χ3n) is 2.36. The molecule has 0 aromatic heterocycles. The van der Waals surface area contributed by atoms with E-state index in [-0.39, 0.29) is 24.6 Å². The van der Waals surface area contributed by atoms with Crippen LogP contribution in [0.2, 0.25) is 5.02 Å². The predicted molar refractivity (Wildman–Crippen MR) is 66.4 cm³/mol. The van der Waals surface area contributed by atoms with E-state index < -0.39 is 0 Å². The van der Waals surface area contributed by atoms with E-state index in [1.54, 1.807) is 25.1 Å². The molecule has 0 unspecified atom stereocenters. The smallest absolute Gasteiger partial charge is 0.306 e. The van der Waals surface area contributed by atoms with Gasteiger partial charge in [-0.1, -0.05) is 23.7 Å². The van der Waals surface area contributed by atoms with Gasteiger partial charge in [0.05, 0.1) is 13.0 Å². The van der Waals surface area contributed by atoms with Gasteiger partial charge in [-0.15, -0.1) is 0 Å². The second kappa shape index (κ2) is 6.40. The number of Topliss-reactive ketones (excluding diaryl/α,β-unsaturated/α-hetero) is 1. The van der Waals surface area contributed by atoms with Crippen molar-refractivity contribution in [2.24, 2.45) is 0 Å². The lowest BCUT2D eigenvalue weighted by atomic mass is 10.1. The summed E-state index contributed by atoms with van der Waals surface area (Å²) in [5, 5.41) is 0.562. The van der Waals surface area contributed by atoms with Crippen molar-refractivity contribution in [3.63, 3.8) is 0 Å². The summed E-state index contributed by atoms with van der Waals surface area (Å²) in [7, 11) is 0. The molecule has 17 heavy (non-hydrogen) atoms. The number of esters is 1. The van der Waals surface area contributed by atoms with E-state index in [2.05, 4.69) is 0 Å². The SMILES string of the molecule is CCOC(=O)CCC(=O)c1ccc(C)c(Cl)c1. The van der Waals surface area contributed by atoms with Crippen LogP contribution in [0.25, 0.3) is 0 Å². The average Bonchev–Trinajstić information content (AvgIpc) is 2.30. The van der Waals surface area contributed by atoms with Gasteiger partial charge in [0.2, 0.25) is 0 Å². The molecule has 0 aliphatic carbocycles. The van der Waals surface area contributed by atoms with Gasteiger partial charge in [0.25, 0.3) is 0 Å². The molecule has 0 atom stereocenters. The molecule has 1 aromatic rings. The highest BCUT2D eigenvalue weighted by molar-refractivity contribution is 6.31. The van der Waals surface area contributed by atoms with Crippen molar-refractivity contribution in [3.05, 3.63) is 34.3 Å². The lowest BCUT2D eigenvalue weighted by molar-refractivity contribution is -0.143. The van der Waals surface area contributed by atoms with E-state index in [1.165, 1.54) is 0 Å². The summed E-state index contributed by atoms with van der Waals surface area (Å²) in [6.45, 7) is 3.94. The predicted octanol–water partition coefficient (Wildman–Crippen LogP) is 3.17. The molecule has 1 rings (SSSR count). The van der Waals surface area contributed by atoms with Crippen LogP contribution >= 0.6 is 11.6 Å². The van der Waals surface area contributed by atoms with E-state index in [0.29, 0.717) is 17.2 Å². The zero-order valence-corrected chi connectivity index (χ0v) is 10.7. The summed E-state index contributed by atoms with van der Waals surface area (Å²) in [4.78, 5) is 22.8. The highest BCUT2D eigenvalue weighted by atomic mass is 35.5. The Balaban J connectivity index is 2.58. The molecule has 1 aromatic carbocycles. The minimum absolute atomic E-state index is 0.0973. The van der Waals surface area contributed by atoms with Gasteiger partial charge in [-0.2, -0.15) is 0 Å². The molecule has 0 saturated heterocycles. The first kappa shape index (κ1) is 13.7. The van der Waals surface area contributed by atoms with Gasteiger partial charge in [-0.05, 0) is 25.5 Å². The maximum atomic E-state index is 11.8. The second-order valence-electron chi connectivity index (χ2n) is 3.69. The van der Waals surface area contributed by atoms with Gasteiger partial charge >= 0.3 is 5.97 Å². The monoisotopic (exact) mass is 254 g/mol. The lowest BCUT2D eigenvalue weighted by Crippen LogP contribution is -2.08. The third-order valence-corrected chi connectivity index (χ3v) is 2.76. The first-order valence-corrected chi connectivity index (χ1v) is 5.87. The van der Waals surface area contributed by atoms with E-state index in [1.807, 2.05) is 6.92 Å². The van der Waals surface area contributed by atoms with Crippen LogP contribution in [-0.4, -0.2) is 18.4 Å². The number of ketones is 1. The second-order valence-corrected chi connectivity index (χ2v) is 4.10. The minimum atomic E-state index is -0.348. The van der Waals surface area contributed by atoms with Crippen LogP contribution < -0.4 is 0 Å². The highest BCUT2D eigenvalue weighted by Crippen LogP contribution is 2.18. The molecule has 4 heteroatoms. The fourth-order valence-electron chi connectivity index (χ4n) is 1.36. The number of benzene rings is 1. The number of halogens is 1. The minimum Gasteiger partial charge on any atom is -0.466 e. The van der Waals surface area contributed by atoms with E-state index >= 15 is 0 Å². The molecule has 0 aliphatic rings. The molecule has 0 aliphatic heterocycles. The maximum Gasteiger partial charge on any atom is 0.306 e. The Labute approximate surface area is 106 Å². The van der Waals surface area contributed by atoms with Crippen molar-refractivity contribution in [2.45, 2.75) is 26.7 Å². The summed E-state index contributed by atoms with van der Waals surface area (Å²) >= 11 is 5.93. The molecule has 3 nitrogen and oxygen atoms in total. The van der Waals surface area contributed by atoms with Gasteiger partial charge in [-0.3, -0.25) is 9.59 Å². The van der Waals surface area contributed by atoms with Crippen LogP contribution in [0.3, 0.4) is 0 Å². The normalized spacial score (nSPS) is 10.1. The van der Waals surface area contributed by atoms with Crippen LogP contribution in [0.1, 0.15) is 35.7 Å². The molecular weight excluding hydrogens is 240 g/mol. The lowest BCUT2D eigenvalue weighted by Gasteiger charge is -2.03. The van der Waals surface area contributed by atoms with Gasteiger partial charge in [0, 0.05) is 17.0 Å². The van der Waals surface area contributed by atoms with Gasteiger partial charge in [0.1, 0.15) is 0 Å². The number of hydrogen-bond donors (Lipinski definition) is 0. The van der Waals surface area contributed by atoms with Crippen molar-refractivity contribution in [1.29, 1.82) is 0 Å². The summed E-state index contributed by atoms with van der Waals surface area (Å²) < 4.78 is 4.75. The zero-order valence-electron chi connectivity index (χ0n) is 9.96. The average molecular weight is 255 g/mol. The number of ether oxygens (including phenoxy) is 1. The van der Waals surface area contributed by atoms with E-state index in [4.69, 9.17) is 16.3 Å². The zero-order chi connectivity index (χ0) is 12.8. The molecule has 0 heterocycles. The maximum absolute atomic E-state index is 11.8. The molecule has 0 saturated carbocycles. The number of hydrogen-bond acceptors (Lipinski definition) is 3. The first-order valence-electron chi connectivity index (χ1n) is 5.49. The Kier molecular flexibility index (Phi) is 5.16. The topological polar surface area (TPSA) is 43.4 Å². The van der Waals surface area contributed by atoms with Crippen LogP contribution in [0.4, 0.5) is 0 Å². The van der Waals surface area contributed by atoms with Crippen LogP contribution in [0.5, 0.6) is 0 Å². The fraction of sp³-hybridized carbons (Fsp3) is 0.385. The van der Waals surface area contributed by atoms with Crippen LogP contribution in [0.15, 0.2) is 18.2 Å². The highest BCUT2D eigenvalue weighted by Gasteiger charge is 2.10.